The largest absolute Gasteiger partial charge is 0.354 e. The maximum atomic E-state index is 12.1. The predicted molar refractivity (Wildman–Crippen MR) is 108 cm³/mol. The summed E-state index contributed by atoms with van der Waals surface area (Å²) in [7, 11) is 1.81. The van der Waals surface area contributed by atoms with Gasteiger partial charge in [0.2, 0.25) is 0 Å². The van der Waals surface area contributed by atoms with Crippen LogP contribution in [-0.4, -0.2) is 31.0 Å². The number of carbonyl (C=O) groups excluding carboxylic acids is 1. The Morgan fingerprint density at radius 3 is 2.42 bits per heavy atom. The number of hydrogen-bond acceptors (Lipinski definition) is 2. The van der Waals surface area contributed by atoms with Gasteiger partial charge in [-0.3, -0.25) is 9.79 Å². The molecule has 3 N–H and O–H groups in total. The van der Waals surface area contributed by atoms with E-state index in [0.717, 1.165) is 23.9 Å². The molecule has 0 radical (unpaired) electrons. The van der Waals surface area contributed by atoms with Crippen molar-refractivity contribution in [3.63, 3.8) is 0 Å². The SMILES string of the molecule is CCC(C)NC(=O)c1ccc(CNC(=NC)NC2CCC(C)CC2)cc1. The maximum absolute atomic E-state index is 12.1. The molecular weight excluding hydrogens is 324 g/mol. The molecule has 1 aliphatic rings. The first-order valence-corrected chi connectivity index (χ1v) is 9.88. The third-order valence-electron chi connectivity index (χ3n) is 5.25. The fourth-order valence-corrected chi connectivity index (χ4v) is 3.16. The van der Waals surface area contributed by atoms with Gasteiger partial charge in [0, 0.05) is 31.2 Å². The summed E-state index contributed by atoms with van der Waals surface area (Å²) in [6.07, 6.45) is 5.92. The van der Waals surface area contributed by atoms with Crippen LogP contribution in [0, 0.1) is 5.92 Å². The number of benzene rings is 1. The molecule has 5 nitrogen and oxygen atoms in total. The van der Waals surface area contributed by atoms with E-state index in [-0.39, 0.29) is 11.9 Å². The Hall–Kier alpha value is -2.04. The van der Waals surface area contributed by atoms with E-state index in [2.05, 4.69) is 34.8 Å². The van der Waals surface area contributed by atoms with Gasteiger partial charge in [0.05, 0.1) is 0 Å². The highest BCUT2D eigenvalue weighted by molar-refractivity contribution is 5.94. The summed E-state index contributed by atoms with van der Waals surface area (Å²) in [5, 5.41) is 9.89. The fourth-order valence-electron chi connectivity index (χ4n) is 3.16. The molecule has 0 aromatic heterocycles. The van der Waals surface area contributed by atoms with Crippen molar-refractivity contribution in [1.29, 1.82) is 0 Å². The summed E-state index contributed by atoms with van der Waals surface area (Å²) in [6.45, 7) is 7.10. The molecule has 0 aliphatic heterocycles. The van der Waals surface area contributed by atoms with E-state index in [4.69, 9.17) is 0 Å². The minimum atomic E-state index is -0.0112. The molecule has 1 aromatic carbocycles. The Kier molecular flexibility index (Phi) is 7.95. The fraction of sp³-hybridized carbons (Fsp3) is 0.619. The third kappa shape index (κ3) is 6.36. The van der Waals surface area contributed by atoms with Crippen LogP contribution in [0.15, 0.2) is 29.3 Å². The Bertz CT molecular complexity index is 589. The molecule has 1 saturated carbocycles. The van der Waals surface area contributed by atoms with Crippen molar-refractivity contribution in [3.8, 4) is 0 Å². The minimum Gasteiger partial charge on any atom is -0.354 e. The zero-order valence-electron chi connectivity index (χ0n) is 16.6. The summed E-state index contributed by atoms with van der Waals surface area (Å²) in [5.74, 6) is 1.69. The van der Waals surface area contributed by atoms with Crippen LogP contribution in [0.3, 0.4) is 0 Å². The highest BCUT2D eigenvalue weighted by atomic mass is 16.1. The number of hydrogen-bond donors (Lipinski definition) is 3. The van der Waals surface area contributed by atoms with Crippen LogP contribution in [-0.2, 0) is 6.54 Å². The van der Waals surface area contributed by atoms with E-state index in [1.54, 1.807) is 0 Å². The molecule has 1 aromatic rings. The molecule has 1 atom stereocenters. The second-order valence-corrected chi connectivity index (χ2v) is 7.51. The molecule has 0 bridgehead atoms. The van der Waals surface area contributed by atoms with Crippen LogP contribution >= 0.6 is 0 Å². The average Bonchev–Trinajstić information content (AvgIpc) is 2.66. The summed E-state index contributed by atoms with van der Waals surface area (Å²) < 4.78 is 0. The number of amides is 1. The molecular formula is C21H34N4O. The van der Waals surface area contributed by atoms with Crippen LogP contribution in [0.25, 0.3) is 0 Å². The van der Waals surface area contributed by atoms with Crippen LogP contribution in [0.2, 0.25) is 0 Å². The maximum Gasteiger partial charge on any atom is 0.251 e. The zero-order chi connectivity index (χ0) is 18.9. The van der Waals surface area contributed by atoms with Crippen LogP contribution in [0.5, 0.6) is 0 Å². The first-order valence-electron chi connectivity index (χ1n) is 9.88. The van der Waals surface area contributed by atoms with Crippen molar-refractivity contribution in [2.75, 3.05) is 7.05 Å². The second kappa shape index (κ2) is 10.2. The van der Waals surface area contributed by atoms with Gasteiger partial charge >= 0.3 is 0 Å². The van der Waals surface area contributed by atoms with Crippen LogP contribution in [0.4, 0.5) is 0 Å². The molecule has 1 amide bonds. The molecule has 1 fully saturated rings. The Morgan fingerprint density at radius 2 is 1.85 bits per heavy atom. The minimum absolute atomic E-state index is 0.0112. The molecule has 2 rings (SSSR count). The van der Waals surface area contributed by atoms with Gasteiger partial charge in [0.1, 0.15) is 0 Å². The summed E-state index contributed by atoms with van der Waals surface area (Å²) >= 11 is 0. The Balaban J connectivity index is 1.81. The average molecular weight is 359 g/mol. The van der Waals surface area contributed by atoms with E-state index < -0.39 is 0 Å². The van der Waals surface area contributed by atoms with Crippen molar-refractivity contribution in [2.24, 2.45) is 10.9 Å². The predicted octanol–water partition coefficient (Wildman–Crippen LogP) is 3.46. The molecule has 0 saturated heterocycles. The van der Waals surface area contributed by atoms with Gasteiger partial charge in [-0.1, -0.05) is 26.0 Å². The highest BCUT2D eigenvalue weighted by Gasteiger charge is 2.18. The zero-order valence-corrected chi connectivity index (χ0v) is 16.6. The van der Waals surface area contributed by atoms with E-state index in [0.29, 0.717) is 18.2 Å². The normalized spacial score (nSPS) is 21.8. The first-order chi connectivity index (χ1) is 12.5. The van der Waals surface area contributed by atoms with Crippen LogP contribution in [0.1, 0.15) is 68.8 Å². The molecule has 0 heterocycles. The topological polar surface area (TPSA) is 65.5 Å². The van der Waals surface area contributed by atoms with Gasteiger partial charge in [0.25, 0.3) is 5.91 Å². The summed E-state index contributed by atoms with van der Waals surface area (Å²) in [4.78, 5) is 16.5. The van der Waals surface area contributed by atoms with Crippen molar-refractivity contribution >= 4 is 11.9 Å². The monoisotopic (exact) mass is 358 g/mol. The van der Waals surface area contributed by atoms with Gasteiger partial charge < -0.3 is 16.0 Å². The van der Waals surface area contributed by atoms with Crippen molar-refractivity contribution in [2.45, 2.75) is 71.5 Å². The van der Waals surface area contributed by atoms with E-state index in [1.165, 1.54) is 25.7 Å². The lowest BCUT2D eigenvalue weighted by Crippen LogP contribution is -2.44. The number of rotatable bonds is 6. The highest BCUT2D eigenvalue weighted by Crippen LogP contribution is 2.23. The molecule has 144 valence electrons. The number of aliphatic imine (C=N–C) groups is 1. The molecule has 1 unspecified atom stereocenters. The lowest BCUT2D eigenvalue weighted by molar-refractivity contribution is 0.0939. The number of guanidine groups is 1. The van der Waals surface area contributed by atoms with Gasteiger partial charge in [-0.2, -0.15) is 0 Å². The Labute approximate surface area is 158 Å². The Morgan fingerprint density at radius 1 is 1.19 bits per heavy atom. The molecule has 0 spiro atoms. The lowest BCUT2D eigenvalue weighted by atomic mass is 9.87. The van der Waals surface area contributed by atoms with Gasteiger partial charge in [-0.25, -0.2) is 0 Å². The summed E-state index contributed by atoms with van der Waals surface area (Å²) in [5.41, 5.74) is 1.83. The molecule has 5 heteroatoms. The number of nitrogens with zero attached hydrogens (tertiary/aromatic N) is 1. The van der Waals surface area contributed by atoms with E-state index in [1.807, 2.05) is 38.2 Å². The smallest absolute Gasteiger partial charge is 0.251 e. The van der Waals surface area contributed by atoms with Gasteiger partial charge in [0.15, 0.2) is 5.96 Å². The second-order valence-electron chi connectivity index (χ2n) is 7.51. The van der Waals surface area contributed by atoms with Crippen molar-refractivity contribution in [3.05, 3.63) is 35.4 Å². The van der Waals surface area contributed by atoms with Gasteiger partial charge in [-0.15, -0.1) is 0 Å². The lowest BCUT2D eigenvalue weighted by Gasteiger charge is -2.28. The molecule has 26 heavy (non-hydrogen) atoms. The summed E-state index contributed by atoms with van der Waals surface area (Å²) in [6, 6.07) is 8.47. The standard InChI is InChI=1S/C21H34N4O/c1-5-16(3)24-20(26)18-10-8-17(9-11-18)14-23-21(22-4)25-19-12-6-15(2)7-13-19/h8-11,15-16,19H,5-7,12-14H2,1-4H3,(H,24,26)(H2,22,23,25). The molecule has 1 aliphatic carbocycles. The van der Waals surface area contributed by atoms with Crippen LogP contribution < -0.4 is 16.0 Å². The first kappa shape index (κ1) is 20.3. The van der Waals surface area contributed by atoms with Gasteiger partial charge in [-0.05, 0) is 62.6 Å². The van der Waals surface area contributed by atoms with Crippen molar-refractivity contribution in [1.82, 2.24) is 16.0 Å². The van der Waals surface area contributed by atoms with E-state index in [9.17, 15) is 4.79 Å². The van der Waals surface area contributed by atoms with Crippen molar-refractivity contribution < 1.29 is 4.79 Å². The third-order valence-corrected chi connectivity index (χ3v) is 5.25. The van der Waals surface area contributed by atoms with E-state index >= 15 is 0 Å². The quantitative estimate of drug-likeness (QED) is 0.539. The number of carbonyl (C=O) groups is 1. The number of nitrogens with one attached hydrogen (secondary N) is 3.